The molecule has 56 valence electrons. The second-order valence-corrected chi connectivity index (χ2v) is 3.35. The smallest absolute Gasteiger partial charge is 0.226 e. The topological polar surface area (TPSA) is 49.3 Å². The van der Waals surface area contributed by atoms with Gasteiger partial charge in [-0.3, -0.25) is 4.79 Å². The summed E-state index contributed by atoms with van der Waals surface area (Å²) in [7, 11) is 0. The molecule has 1 spiro atoms. The predicted octanol–water partition coefficient (Wildman–Crippen LogP) is -0.353. The molecule has 1 heterocycles. The van der Waals surface area contributed by atoms with E-state index in [-0.39, 0.29) is 17.4 Å². The molecule has 3 nitrogen and oxygen atoms in total. The summed E-state index contributed by atoms with van der Waals surface area (Å²) in [5.41, 5.74) is -0.141. The summed E-state index contributed by atoms with van der Waals surface area (Å²) >= 11 is 0. The number of hydrogen-bond donors (Lipinski definition) is 2. The zero-order chi connectivity index (χ0) is 7.19. The van der Waals surface area contributed by atoms with Crippen molar-refractivity contribution in [1.29, 1.82) is 0 Å². The third-order valence-electron chi connectivity index (χ3n) is 2.46. The quantitative estimate of drug-likeness (QED) is 0.484. The van der Waals surface area contributed by atoms with Gasteiger partial charge in [-0.05, 0) is 19.3 Å². The van der Waals surface area contributed by atoms with Crippen LogP contribution in [0.2, 0.25) is 0 Å². The average Bonchev–Trinajstić information content (AvgIpc) is 2.62. The van der Waals surface area contributed by atoms with Crippen LogP contribution in [0.15, 0.2) is 0 Å². The van der Waals surface area contributed by atoms with Crippen LogP contribution in [0.25, 0.3) is 0 Å². The van der Waals surface area contributed by atoms with E-state index in [1.54, 1.807) is 0 Å². The first-order valence-electron chi connectivity index (χ1n) is 3.69. The zero-order valence-electron chi connectivity index (χ0n) is 5.76. The minimum absolute atomic E-state index is 0.141. The largest absolute Gasteiger partial charge is 0.391 e. The number of β-amino-alcohol motifs (C(OH)–C–C–N with tert-alkyl or cyclic N) is 1. The molecule has 2 rings (SSSR count). The monoisotopic (exact) mass is 141 g/mol. The van der Waals surface area contributed by atoms with Crippen LogP contribution in [-0.2, 0) is 4.79 Å². The molecule has 3 heteroatoms. The maximum absolute atomic E-state index is 11.1. The van der Waals surface area contributed by atoms with Gasteiger partial charge in [0.1, 0.15) is 0 Å². The van der Waals surface area contributed by atoms with E-state index in [1.165, 1.54) is 0 Å². The Morgan fingerprint density at radius 1 is 1.60 bits per heavy atom. The number of hydrogen-bond acceptors (Lipinski definition) is 2. The molecule has 0 radical (unpaired) electrons. The van der Waals surface area contributed by atoms with Gasteiger partial charge in [-0.2, -0.15) is 0 Å². The van der Waals surface area contributed by atoms with Crippen molar-refractivity contribution < 1.29 is 9.90 Å². The van der Waals surface area contributed by atoms with Gasteiger partial charge in [-0.25, -0.2) is 0 Å². The van der Waals surface area contributed by atoms with Crippen LogP contribution in [0.3, 0.4) is 0 Å². The average molecular weight is 141 g/mol. The standard InChI is InChI=1S/C7H11NO2/c9-5-3-7(1-2-7)6(10)8-4-5/h5,9H,1-4H2,(H,8,10). The second-order valence-electron chi connectivity index (χ2n) is 3.35. The molecule has 0 aromatic rings. The summed E-state index contributed by atoms with van der Waals surface area (Å²) in [5.74, 6) is 0.151. The normalized spacial score (nSPS) is 35.7. The Kier molecular flexibility index (Phi) is 1.06. The summed E-state index contributed by atoms with van der Waals surface area (Å²) in [6.45, 7) is 0.445. The fourth-order valence-electron chi connectivity index (χ4n) is 1.60. The van der Waals surface area contributed by atoms with Gasteiger partial charge in [0, 0.05) is 6.54 Å². The van der Waals surface area contributed by atoms with Gasteiger partial charge in [-0.15, -0.1) is 0 Å². The number of rotatable bonds is 0. The summed E-state index contributed by atoms with van der Waals surface area (Å²) in [6.07, 6.45) is 2.31. The Morgan fingerprint density at radius 2 is 2.30 bits per heavy atom. The molecule has 1 unspecified atom stereocenters. The summed E-state index contributed by atoms with van der Waals surface area (Å²) < 4.78 is 0. The molecule has 1 amide bonds. The van der Waals surface area contributed by atoms with Crippen LogP contribution in [0.5, 0.6) is 0 Å². The van der Waals surface area contributed by atoms with Gasteiger partial charge in [-0.1, -0.05) is 0 Å². The molecule has 2 fully saturated rings. The molecule has 1 aliphatic carbocycles. The molecule has 1 saturated heterocycles. The third-order valence-corrected chi connectivity index (χ3v) is 2.46. The van der Waals surface area contributed by atoms with E-state index < -0.39 is 0 Å². The van der Waals surface area contributed by atoms with Gasteiger partial charge in [0.25, 0.3) is 0 Å². The third kappa shape index (κ3) is 0.736. The van der Waals surface area contributed by atoms with Gasteiger partial charge in [0.15, 0.2) is 0 Å². The van der Waals surface area contributed by atoms with Gasteiger partial charge in [0.2, 0.25) is 5.91 Å². The maximum atomic E-state index is 11.1. The fourth-order valence-corrected chi connectivity index (χ4v) is 1.60. The van der Waals surface area contributed by atoms with Crippen molar-refractivity contribution in [3.63, 3.8) is 0 Å². The van der Waals surface area contributed by atoms with Gasteiger partial charge in [0.05, 0.1) is 11.5 Å². The Labute approximate surface area is 59.4 Å². The lowest BCUT2D eigenvalue weighted by molar-refractivity contribution is -0.130. The van der Waals surface area contributed by atoms with Crippen LogP contribution in [0, 0.1) is 5.41 Å². The molecular weight excluding hydrogens is 130 g/mol. The Morgan fingerprint density at radius 3 is 2.80 bits per heavy atom. The molecule has 0 aromatic heterocycles. The number of piperidine rings is 1. The van der Waals surface area contributed by atoms with Gasteiger partial charge >= 0.3 is 0 Å². The molecule has 10 heavy (non-hydrogen) atoms. The predicted molar refractivity (Wildman–Crippen MR) is 35.3 cm³/mol. The summed E-state index contributed by atoms with van der Waals surface area (Å²) in [5, 5.41) is 11.9. The van der Waals surface area contributed by atoms with Crippen LogP contribution in [0.4, 0.5) is 0 Å². The number of aliphatic hydroxyl groups excluding tert-OH is 1. The summed E-state index contributed by atoms with van der Waals surface area (Å²) in [4.78, 5) is 11.1. The van der Waals surface area contributed by atoms with E-state index in [0.29, 0.717) is 13.0 Å². The Balaban J connectivity index is 2.10. The Hall–Kier alpha value is -0.570. The molecule has 2 N–H and O–H groups in total. The molecule has 0 bridgehead atoms. The highest BCUT2D eigenvalue weighted by molar-refractivity contribution is 5.86. The minimum Gasteiger partial charge on any atom is -0.391 e. The van der Waals surface area contributed by atoms with Crippen molar-refractivity contribution in [2.24, 2.45) is 5.41 Å². The van der Waals surface area contributed by atoms with E-state index in [1.807, 2.05) is 0 Å². The van der Waals surface area contributed by atoms with Crippen molar-refractivity contribution in [3.05, 3.63) is 0 Å². The van der Waals surface area contributed by atoms with E-state index in [4.69, 9.17) is 0 Å². The van der Waals surface area contributed by atoms with E-state index in [0.717, 1.165) is 12.8 Å². The number of carbonyl (C=O) groups is 1. The van der Waals surface area contributed by atoms with E-state index in [9.17, 15) is 9.90 Å². The fraction of sp³-hybridized carbons (Fsp3) is 0.857. The van der Waals surface area contributed by atoms with Crippen molar-refractivity contribution in [3.8, 4) is 0 Å². The van der Waals surface area contributed by atoms with Crippen LogP contribution >= 0.6 is 0 Å². The minimum atomic E-state index is -0.305. The van der Waals surface area contributed by atoms with Crippen molar-refractivity contribution in [2.75, 3.05) is 6.54 Å². The summed E-state index contributed by atoms with van der Waals surface area (Å²) in [6, 6.07) is 0. The number of nitrogens with one attached hydrogen (secondary N) is 1. The molecule has 1 saturated carbocycles. The molecule has 1 aliphatic heterocycles. The van der Waals surface area contributed by atoms with Gasteiger partial charge < -0.3 is 10.4 Å². The van der Waals surface area contributed by atoms with Crippen LogP contribution in [-0.4, -0.2) is 23.7 Å². The van der Waals surface area contributed by atoms with Crippen molar-refractivity contribution >= 4 is 5.91 Å². The maximum Gasteiger partial charge on any atom is 0.226 e. The highest BCUT2D eigenvalue weighted by Crippen LogP contribution is 2.50. The number of amides is 1. The van der Waals surface area contributed by atoms with Crippen molar-refractivity contribution in [1.82, 2.24) is 5.32 Å². The molecule has 0 aromatic carbocycles. The molecule has 1 atom stereocenters. The first-order chi connectivity index (χ1) is 4.73. The SMILES string of the molecule is O=C1NCC(O)CC12CC2. The Bertz CT molecular complexity index is 174. The lowest BCUT2D eigenvalue weighted by Crippen LogP contribution is -2.45. The van der Waals surface area contributed by atoms with E-state index in [2.05, 4.69) is 5.32 Å². The first-order valence-corrected chi connectivity index (χ1v) is 3.69. The highest BCUT2D eigenvalue weighted by atomic mass is 16.3. The molecule has 2 aliphatic rings. The highest BCUT2D eigenvalue weighted by Gasteiger charge is 2.52. The lowest BCUT2D eigenvalue weighted by Gasteiger charge is -2.25. The van der Waals surface area contributed by atoms with Crippen molar-refractivity contribution in [2.45, 2.75) is 25.4 Å². The lowest BCUT2D eigenvalue weighted by atomic mass is 9.94. The number of aliphatic hydroxyl groups is 1. The molecular formula is C7H11NO2. The number of carbonyl (C=O) groups excluding carboxylic acids is 1. The van der Waals surface area contributed by atoms with Crippen LogP contribution < -0.4 is 5.32 Å². The van der Waals surface area contributed by atoms with E-state index >= 15 is 0 Å². The first kappa shape index (κ1) is 6.16. The second kappa shape index (κ2) is 1.72. The van der Waals surface area contributed by atoms with Crippen LogP contribution in [0.1, 0.15) is 19.3 Å². The zero-order valence-corrected chi connectivity index (χ0v) is 5.76.